The van der Waals surface area contributed by atoms with E-state index in [2.05, 4.69) is 111 Å². The highest BCUT2D eigenvalue weighted by Crippen LogP contribution is 2.43. The van der Waals surface area contributed by atoms with Crippen LogP contribution in [0.3, 0.4) is 0 Å². The Labute approximate surface area is 500 Å². The van der Waals surface area contributed by atoms with Gasteiger partial charge in [-0.1, -0.05) is 260 Å². The average molecular weight is 1150 g/mol. The van der Waals surface area contributed by atoms with Crippen LogP contribution in [0.15, 0.2) is 97.2 Å². The number of carbonyl (C=O) groups excluding carboxylic acids is 2. The first-order chi connectivity index (χ1) is 39.4. The molecule has 468 valence electrons. The number of quaternary nitrogens is 1. The van der Waals surface area contributed by atoms with Crippen molar-refractivity contribution >= 4 is 19.7 Å². The van der Waals surface area contributed by atoms with Gasteiger partial charge in [-0.05, 0) is 115 Å². The van der Waals surface area contributed by atoms with E-state index in [1.807, 2.05) is 33.3 Å². The molecule has 10 heteroatoms. The van der Waals surface area contributed by atoms with Gasteiger partial charge >= 0.3 is 13.8 Å². The quantitative estimate of drug-likeness (QED) is 0.0205. The van der Waals surface area contributed by atoms with Crippen molar-refractivity contribution in [2.24, 2.45) is 0 Å². The normalized spacial score (nSPS) is 14.2. The third-order valence-corrected chi connectivity index (χ3v) is 15.5. The molecule has 0 aliphatic heterocycles. The number of allylic oxidation sites excluding steroid dienone is 15. The molecule has 9 nitrogen and oxygen atoms in total. The average Bonchev–Trinajstić information content (AvgIpc) is 3.44. The van der Waals surface area contributed by atoms with Crippen LogP contribution < -0.4 is 5.32 Å². The molecule has 0 saturated carbocycles. The maximum absolute atomic E-state index is 13.6. The van der Waals surface area contributed by atoms with Gasteiger partial charge in [0.05, 0.1) is 33.8 Å². The molecule has 0 aromatic heterocycles. The molecular weight excluding hydrogens is 1020 g/mol. The first-order valence-corrected chi connectivity index (χ1v) is 35.1. The number of unbranched alkanes of at least 4 members (excludes halogenated alkanes) is 30. The van der Waals surface area contributed by atoms with E-state index in [0.29, 0.717) is 17.4 Å². The fourth-order valence-electron chi connectivity index (χ4n) is 9.28. The molecule has 0 aromatic rings. The van der Waals surface area contributed by atoms with Crippen molar-refractivity contribution in [3.8, 4) is 0 Å². The number of rotatable bonds is 60. The SMILES string of the molecule is CCCCC/C=C\C/C=C\C/C=C\C/C=C\CCCCCCCCCC(=O)OC(/C=C/CCCCCCCCCCC)C(COP(=O)(O)OCC[N+](C)(C)C)NC(=O)CCCCCCCCCC/C=C\C/C=C\C/C=C\CCCCC. The molecule has 2 N–H and O–H groups in total. The summed E-state index contributed by atoms with van der Waals surface area (Å²) < 4.78 is 30.7. The van der Waals surface area contributed by atoms with Gasteiger partial charge in [0, 0.05) is 12.8 Å². The number of phosphoric acid groups is 1. The molecule has 81 heavy (non-hydrogen) atoms. The Morgan fingerprint density at radius 1 is 0.432 bits per heavy atom. The largest absolute Gasteiger partial charge is 0.472 e. The molecule has 0 heterocycles. The van der Waals surface area contributed by atoms with Crippen LogP contribution in [-0.2, 0) is 27.9 Å². The van der Waals surface area contributed by atoms with Gasteiger partial charge in [0.1, 0.15) is 19.3 Å². The standard InChI is InChI=1S/C71H127N2O7P/c1-7-10-13-16-19-22-25-27-29-31-33-35-36-38-40-42-44-46-49-52-55-58-61-64-71(75)80-69(62-59-56-53-50-47-24-21-18-15-12-9-3)68(67-79-81(76,77)78-66-65-73(4,5)6)72-70(74)63-60-57-54-51-48-45-43-41-39-37-34-32-30-28-26-23-20-17-14-11-8-2/h19-20,22-23,27-30,33-35,37-38,40,59,62,68-69H,7-18,21,24-26,31-32,36,39,41-58,60-61,63-67H2,1-6H3,(H-,72,74,76,77)/p+1/b22-19-,23-20-,29-27-,30-28-,35-33-,37-34-,40-38-,62-59+. The Hall–Kier alpha value is -3.07. The van der Waals surface area contributed by atoms with Gasteiger partial charge in [0.25, 0.3) is 0 Å². The Balaban J connectivity index is 5.16. The number of hydrogen-bond acceptors (Lipinski definition) is 6. The first-order valence-electron chi connectivity index (χ1n) is 33.6. The summed E-state index contributed by atoms with van der Waals surface area (Å²) in [6.45, 7) is 6.95. The summed E-state index contributed by atoms with van der Waals surface area (Å²) in [6.07, 6.45) is 81.2. The summed E-state index contributed by atoms with van der Waals surface area (Å²) in [7, 11) is 1.48. The van der Waals surface area contributed by atoms with Gasteiger partial charge in [-0.25, -0.2) is 4.57 Å². The van der Waals surface area contributed by atoms with Gasteiger partial charge in [0.15, 0.2) is 0 Å². The number of hydrogen-bond donors (Lipinski definition) is 2. The van der Waals surface area contributed by atoms with Crippen LogP contribution in [0.5, 0.6) is 0 Å². The van der Waals surface area contributed by atoms with Crippen molar-refractivity contribution in [2.75, 3.05) is 40.9 Å². The Bertz CT molecular complexity index is 1710. The molecule has 0 saturated heterocycles. The van der Waals surface area contributed by atoms with Gasteiger partial charge in [-0.3, -0.25) is 18.6 Å². The van der Waals surface area contributed by atoms with Crippen molar-refractivity contribution in [3.05, 3.63) is 97.2 Å². The molecule has 1 amide bonds. The zero-order valence-corrected chi connectivity index (χ0v) is 54.4. The summed E-state index contributed by atoms with van der Waals surface area (Å²) in [5, 5.41) is 3.06. The van der Waals surface area contributed by atoms with Crippen molar-refractivity contribution in [1.29, 1.82) is 0 Å². The van der Waals surface area contributed by atoms with Crippen molar-refractivity contribution in [1.82, 2.24) is 5.32 Å². The van der Waals surface area contributed by atoms with Gasteiger partial charge in [0.2, 0.25) is 5.91 Å². The minimum atomic E-state index is -4.46. The summed E-state index contributed by atoms with van der Waals surface area (Å²) >= 11 is 0. The fraction of sp³-hybridized carbons (Fsp3) is 0.746. The number of esters is 1. The summed E-state index contributed by atoms with van der Waals surface area (Å²) in [5.41, 5.74) is 0. The topological polar surface area (TPSA) is 111 Å². The van der Waals surface area contributed by atoms with Crippen LogP contribution in [0.2, 0.25) is 0 Å². The maximum atomic E-state index is 13.6. The summed E-state index contributed by atoms with van der Waals surface area (Å²) in [5.74, 6) is -0.526. The number of carbonyl (C=O) groups is 2. The molecule has 3 unspecified atom stereocenters. The zero-order chi connectivity index (χ0) is 59.3. The molecular formula is C71H128N2O7P+. The van der Waals surface area contributed by atoms with Crippen LogP contribution >= 0.6 is 7.82 Å². The second-order valence-electron chi connectivity index (χ2n) is 23.6. The fourth-order valence-corrected chi connectivity index (χ4v) is 10.0. The number of nitrogens with zero attached hydrogens (tertiary/aromatic N) is 1. The first kappa shape index (κ1) is 77.9. The van der Waals surface area contributed by atoms with E-state index in [4.69, 9.17) is 13.8 Å². The van der Waals surface area contributed by atoms with Gasteiger partial charge in [-0.2, -0.15) is 0 Å². The Morgan fingerprint density at radius 3 is 1.15 bits per heavy atom. The molecule has 3 atom stereocenters. The van der Waals surface area contributed by atoms with E-state index in [1.165, 1.54) is 141 Å². The third-order valence-electron chi connectivity index (χ3n) is 14.5. The lowest BCUT2D eigenvalue weighted by Crippen LogP contribution is -2.47. The number of amides is 1. The van der Waals surface area contributed by atoms with E-state index in [0.717, 1.165) is 116 Å². The van der Waals surface area contributed by atoms with Crippen molar-refractivity contribution in [3.63, 3.8) is 0 Å². The van der Waals surface area contributed by atoms with E-state index >= 15 is 0 Å². The second kappa shape index (κ2) is 60.1. The van der Waals surface area contributed by atoms with Gasteiger partial charge < -0.3 is 19.4 Å². The molecule has 0 aliphatic rings. The highest BCUT2D eigenvalue weighted by molar-refractivity contribution is 7.47. The summed E-state index contributed by atoms with van der Waals surface area (Å²) in [6, 6.07) is -0.863. The van der Waals surface area contributed by atoms with E-state index in [9.17, 15) is 19.0 Å². The van der Waals surface area contributed by atoms with E-state index < -0.39 is 20.0 Å². The zero-order valence-electron chi connectivity index (χ0n) is 53.5. The number of phosphoric ester groups is 1. The minimum absolute atomic E-state index is 0.0325. The van der Waals surface area contributed by atoms with Crippen LogP contribution in [0.4, 0.5) is 0 Å². The second-order valence-corrected chi connectivity index (χ2v) is 25.1. The van der Waals surface area contributed by atoms with Gasteiger partial charge in [-0.15, -0.1) is 0 Å². The number of ether oxygens (including phenoxy) is 1. The number of likely N-dealkylation sites (N-methyl/N-ethyl adjacent to an activating group) is 1. The monoisotopic (exact) mass is 1150 g/mol. The molecule has 0 radical (unpaired) electrons. The van der Waals surface area contributed by atoms with Crippen LogP contribution in [0, 0.1) is 0 Å². The molecule has 0 aromatic carbocycles. The molecule has 0 rings (SSSR count). The predicted octanol–water partition coefficient (Wildman–Crippen LogP) is 21.1. The molecule has 0 aliphatic carbocycles. The highest BCUT2D eigenvalue weighted by Gasteiger charge is 2.30. The van der Waals surface area contributed by atoms with Crippen LogP contribution in [-0.4, -0.2) is 74.3 Å². The Kier molecular flexibility index (Phi) is 57.8. The van der Waals surface area contributed by atoms with E-state index in [-0.39, 0.29) is 31.5 Å². The molecule has 0 bridgehead atoms. The summed E-state index contributed by atoms with van der Waals surface area (Å²) in [4.78, 5) is 37.8. The van der Waals surface area contributed by atoms with Crippen LogP contribution in [0.1, 0.15) is 290 Å². The van der Waals surface area contributed by atoms with E-state index in [1.54, 1.807) is 0 Å². The lowest BCUT2D eigenvalue weighted by molar-refractivity contribution is -0.870. The lowest BCUT2D eigenvalue weighted by Gasteiger charge is -2.27. The smallest absolute Gasteiger partial charge is 0.456 e. The lowest BCUT2D eigenvalue weighted by atomic mass is 10.0. The van der Waals surface area contributed by atoms with Crippen molar-refractivity contribution < 1.29 is 37.3 Å². The predicted molar refractivity (Wildman–Crippen MR) is 350 cm³/mol. The van der Waals surface area contributed by atoms with Crippen molar-refractivity contribution in [2.45, 2.75) is 303 Å². The highest BCUT2D eigenvalue weighted by atomic mass is 31.2. The van der Waals surface area contributed by atoms with Crippen LogP contribution in [0.25, 0.3) is 0 Å². The molecule has 0 spiro atoms. The number of nitrogens with one attached hydrogen (secondary N) is 1. The minimum Gasteiger partial charge on any atom is -0.456 e. The third kappa shape index (κ3) is 61.3. The molecule has 0 fully saturated rings. The maximum Gasteiger partial charge on any atom is 0.472 e. The Morgan fingerprint density at radius 2 is 0.753 bits per heavy atom.